The number of aliphatic hydroxyl groups is 2. The molecular formula is C24H23NO3. The first-order valence-electron chi connectivity index (χ1n) is 9.50. The lowest BCUT2D eigenvalue weighted by molar-refractivity contribution is -0.167. The molecule has 0 aliphatic carbocycles. The van der Waals surface area contributed by atoms with Crippen LogP contribution in [0.25, 0.3) is 0 Å². The monoisotopic (exact) mass is 373 g/mol. The molecule has 4 nitrogen and oxygen atoms in total. The predicted molar refractivity (Wildman–Crippen MR) is 107 cm³/mol. The quantitative estimate of drug-likeness (QED) is 0.695. The third-order valence-corrected chi connectivity index (χ3v) is 5.41. The number of amides is 1. The van der Waals surface area contributed by atoms with E-state index in [2.05, 4.69) is 0 Å². The Morgan fingerprint density at radius 2 is 1.39 bits per heavy atom. The maximum atomic E-state index is 13.1. The standard InChI is InChI=1S/C24H23NO3/c26-22(16-15-18-9-3-1-4-10-18)24(28)21-14-8-7-13-20(21)23(27)25(24)17-19-11-5-2-6-12-19/h1-14,22,26,28H,15-17H2. The fourth-order valence-electron chi connectivity index (χ4n) is 3.90. The van der Waals surface area contributed by atoms with Crippen molar-refractivity contribution in [1.29, 1.82) is 0 Å². The van der Waals surface area contributed by atoms with E-state index in [0.717, 1.165) is 11.1 Å². The van der Waals surface area contributed by atoms with Crippen molar-refractivity contribution in [3.63, 3.8) is 0 Å². The van der Waals surface area contributed by atoms with E-state index in [1.54, 1.807) is 24.3 Å². The maximum Gasteiger partial charge on any atom is 0.257 e. The molecule has 0 spiro atoms. The molecule has 0 aromatic heterocycles. The maximum absolute atomic E-state index is 13.1. The summed E-state index contributed by atoms with van der Waals surface area (Å²) in [4.78, 5) is 14.4. The van der Waals surface area contributed by atoms with Crippen LogP contribution < -0.4 is 0 Å². The molecule has 1 aliphatic heterocycles. The smallest absolute Gasteiger partial charge is 0.257 e. The number of hydrogen-bond acceptors (Lipinski definition) is 3. The van der Waals surface area contributed by atoms with Gasteiger partial charge in [0.2, 0.25) is 0 Å². The number of nitrogens with zero attached hydrogens (tertiary/aromatic N) is 1. The summed E-state index contributed by atoms with van der Waals surface area (Å²) < 4.78 is 0. The summed E-state index contributed by atoms with van der Waals surface area (Å²) >= 11 is 0. The van der Waals surface area contributed by atoms with E-state index >= 15 is 0 Å². The minimum absolute atomic E-state index is 0.229. The Balaban J connectivity index is 1.65. The largest absolute Gasteiger partial charge is 0.388 e. The Hall–Kier alpha value is -2.95. The highest BCUT2D eigenvalue weighted by atomic mass is 16.4. The number of rotatable bonds is 6. The average molecular weight is 373 g/mol. The molecule has 4 heteroatoms. The number of fused-ring (bicyclic) bond motifs is 1. The van der Waals surface area contributed by atoms with Crippen molar-refractivity contribution in [2.75, 3.05) is 0 Å². The van der Waals surface area contributed by atoms with Crippen molar-refractivity contribution in [3.8, 4) is 0 Å². The lowest BCUT2D eigenvalue weighted by atomic mass is 9.92. The third-order valence-electron chi connectivity index (χ3n) is 5.41. The van der Waals surface area contributed by atoms with Crippen LogP contribution in [0.3, 0.4) is 0 Å². The molecule has 0 bridgehead atoms. The molecule has 3 aromatic carbocycles. The number of carbonyl (C=O) groups is 1. The average Bonchev–Trinajstić information content (AvgIpc) is 2.96. The highest BCUT2D eigenvalue weighted by molar-refractivity contribution is 5.99. The summed E-state index contributed by atoms with van der Waals surface area (Å²) in [5.74, 6) is -0.263. The summed E-state index contributed by atoms with van der Waals surface area (Å²) in [7, 11) is 0. The number of aryl methyl sites for hydroxylation is 1. The number of aliphatic hydroxyl groups excluding tert-OH is 1. The van der Waals surface area contributed by atoms with E-state index in [1.165, 1.54) is 4.90 Å². The molecule has 4 rings (SSSR count). The molecule has 142 valence electrons. The topological polar surface area (TPSA) is 60.8 Å². The number of carbonyl (C=O) groups excluding carboxylic acids is 1. The molecule has 2 unspecified atom stereocenters. The molecule has 3 aromatic rings. The van der Waals surface area contributed by atoms with Gasteiger partial charge in [-0.2, -0.15) is 0 Å². The second-order valence-corrected chi connectivity index (χ2v) is 7.19. The Morgan fingerprint density at radius 1 is 0.821 bits per heavy atom. The van der Waals surface area contributed by atoms with E-state index < -0.39 is 11.8 Å². The summed E-state index contributed by atoms with van der Waals surface area (Å²) in [6, 6.07) is 26.3. The van der Waals surface area contributed by atoms with Gasteiger partial charge in [0, 0.05) is 17.7 Å². The van der Waals surface area contributed by atoms with Gasteiger partial charge in [0.05, 0.1) is 0 Å². The third kappa shape index (κ3) is 3.21. The van der Waals surface area contributed by atoms with Gasteiger partial charge in [-0.05, 0) is 30.0 Å². The normalized spacial score (nSPS) is 19.5. The van der Waals surface area contributed by atoms with Crippen molar-refractivity contribution in [2.45, 2.75) is 31.2 Å². The lowest BCUT2D eigenvalue weighted by Gasteiger charge is -2.38. The molecule has 0 radical (unpaired) electrons. The van der Waals surface area contributed by atoms with Gasteiger partial charge in [0.15, 0.2) is 5.72 Å². The fourth-order valence-corrected chi connectivity index (χ4v) is 3.90. The van der Waals surface area contributed by atoms with E-state index in [4.69, 9.17) is 0 Å². The van der Waals surface area contributed by atoms with Gasteiger partial charge in [0.1, 0.15) is 6.10 Å². The minimum Gasteiger partial charge on any atom is -0.388 e. The van der Waals surface area contributed by atoms with Crippen molar-refractivity contribution in [2.24, 2.45) is 0 Å². The van der Waals surface area contributed by atoms with Crippen molar-refractivity contribution in [1.82, 2.24) is 4.90 Å². The molecule has 0 fully saturated rings. The van der Waals surface area contributed by atoms with Crippen LogP contribution in [-0.4, -0.2) is 27.1 Å². The highest BCUT2D eigenvalue weighted by Gasteiger charge is 2.52. The molecule has 2 atom stereocenters. The molecule has 1 heterocycles. The molecule has 1 amide bonds. The van der Waals surface area contributed by atoms with E-state index in [9.17, 15) is 15.0 Å². The Labute approximate surface area is 164 Å². The van der Waals surface area contributed by atoms with Gasteiger partial charge >= 0.3 is 0 Å². The van der Waals surface area contributed by atoms with Gasteiger partial charge in [0.25, 0.3) is 5.91 Å². The zero-order valence-corrected chi connectivity index (χ0v) is 15.5. The van der Waals surface area contributed by atoms with Crippen LogP contribution in [0.1, 0.15) is 33.5 Å². The van der Waals surface area contributed by atoms with Crippen LogP contribution in [-0.2, 0) is 18.7 Å². The summed E-state index contributed by atoms with van der Waals surface area (Å²) in [5, 5.41) is 22.7. The van der Waals surface area contributed by atoms with Gasteiger partial charge in [-0.3, -0.25) is 9.69 Å². The second-order valence-electron chi connectivity index (χ2n) is 7.19. The first kappa shape index (κ1) is 18.4. The summed E-state index contributed by atoms with van der Waals surface area (Å²) in [6.45, 7) is 0.229. The first-order chi connectivity index (χ1) is 13.6. The van der Waals surface area contributed by atoms with Crippen LogP contribution in [0.15, 0.2) is 84.9 Å². The molecular weight excluding hydrogens is 350 g/mol. The fraction of sp³-hybridized carbons (Fsp3) is 0.208. The minimum atomic E-state index is -1.75. The van der Waals surface area contributed by atoms with Gasteiger partial charge in [-0.25, -0.2) is 0 Å². The van der Waals surface area contributed by atoms with Crippen molar-refractivity contribution in [3.05, 3.63) is 107 Å². The van der Waals surface area contributed by atoms with E-state index in [1.807, 2.05) is 60.7 Å². The molecule has 0 saturated heterocycles. The Bertz CT molecular complexity index is 958. The Morgan fingerprint density at radius 3 is 2.07 bits per heavy atom. The van der Waals surface area contributed by atoms with Gasteiger partial charge in [-0.15, -0.1) is 0 Å². The van der Waals surface area contributed by atoms with Gasteiger partial charge < -0.3 is 10.2 Å². The van der Waals surface area contributed by atoms with Crippen LogP contribution in [0.2, 0.25) is 0 Å². The molecule has 28 heavy (non-hydrogen) atoms. The van der Waals surface area contributed by atoms with Crippen molar-refractivity contribution < 1.29 is 15.0 Å². The first-order valence-corrected chi connectivity index (χ1v) is 9.50. The highest BCUT2D eigenvalue weighted by Crippen LogP contribution is 2.41. The van der Waals surface area contributed by atoms with E-state index in [0.29, 0.717) is 24.0 Å². The second kappa shape index (κ2) is 7.58. The Kier molecular flexibility index (Phi) is 4.99. The zero-order chi connectivity index (χ0) is 19.6. The van der Waals surface area contributed by atoms with E-state index in [-0.39, 0.29) is 12.5 Å². The van der Waals surface area contributed by atoms with Crippen LogP contribution in [0.4, 0.5) is 0 Å². The zero-order valence-electron chi connectivity index (χ0n) is 15.5. The van der Waals surface area contributed by atoms with Gasteiger partial charge in [-0.1, -0.05) is 78.9 Å². The summed E-state index contributed by atoms with van der Waals surface area (Å²) in [6.07, 6.45) is -0.156. The number of hydrogen-bond donors (Lipinski definition) is 2. The van der Waals surface area contributed by atoms with Crippen LogP contribution >= 0.6 is 0 Å². The summed E-state index contributed by atoms with van der Waals surface area (Å²) in [5.41, 5.74) is 1.14. The van der Waals surface area contributed by atoms with Crippen LogP contribution in [0, 0.1) is 0 Å². The predicted octanol–water partition coefficient (Wildman–Crippen LogP) is 3.48. The molecule has 2 N–H and O–H groups in total. The van der Waals surface area contributed by atoms with Crippen molar-refractivity contribution >= 4 is 5.91 Å². The number of benzene rings is 3. The SMILES string of the molecule is O=C1c2ccccc2C(O)(C(O)CCc2ccccc2)N1Cc1ccccc1. The lowest BCUT2D eigenvalue weighted by Crippen LogP contribution is -2.51. The van der Waals surface area contributed by atoms with Crippen LogP contribution in [0.5, 0.6) is 0 Å². The molecule has 1 aliphatic rings. The molecule has 0 saturated carbocycles.